The van der Waals surface area contributed by atoms with E-state index in [2.05, 4.69) is 4.72 Å². The number of benzene rings is 2. The first kappa shape index (κ1) is 21.0. The fourth-order valence-electron chi connectivity index (χ4n) is 2.60. The number of sulfonamides is 1. The molecule has 152 valence electrons. The van der Waals surface area contributed by atoms with Crippen molar-refractivity contribution >= 4 is 27.3 Å². The maximum absolute atomic E-state index is 12.7. The van der Waals surface area contributed by atoms with Crippen molar-refractivity contribution in [2.24, 2.45) is 0 Å². The van der Waals surface area contributed by atoms with Gasteiger partial charge < -0.3 is 9.64 Å². The van der Waals surface area contributed by atoms with Gasteiger partial charge in [-0.3, -0.25) is 4.79 Å². The molecule has 1 aromatic heterocycles. The monoisotopic (exact) mass is 430 g/mol. The van der Waals surface area contributed by atoms with Crippen molar-refractivity contribution in [3.05, 3.63) is 82.6 Å². The zero-order valence-corrected chi connectivity index (χ0v) is 17.6. The third-order valence-corrected chi connectivity index (χ3v) is 6.47. The highest BCUT2D eigenvalue weighted by Gasteiger charge is 2.18. The third-order valence-electron chi connectivity index (χ3n) is 4.19. The smallest absolute Gasteiger partial charge is 0.253 e. The summed E-state index contributed by atoms with van der Waals surface area (Å²) in [4.78, 5) is 15.2. The van der Waals surface area contributed by atoms with Crippen molar-refractivity contribution < 1.29 is 17.9 Å². The van der Waals surface area contributed by atoms with E-state index in [0.717, 1.165) is 10.6 Å². The first-order valence-electron chi connectivity index (χ1n) is 9.01. The molecule has 6 nitrogen and oxygen atoms in total. The molecule has 0 bridgehead atoms. The molecule has 0 radical (unpaired) electrons. The van der Waals surface area contributed by atoms with E-state index in [1.165, 1.54) is 28.4 Å². The summed E-state index contributed by atoms with van der Waals surface area (Å²) in [7, 11) is -2.05. The summed E-state index contributed by atoms with van der Waals surface area (Å²) in [6.45, 7) is 0.933. The van der Waals surface area contributed by atoms with Gasteiger partial charge in [0.1, 0.15) is 12.4 Å². The van der Waals surface area contributed by atoms with E-state index in [0.29, 0.717) is 18.7 Å². The summed E-state index contributed by atoms with van der Waals surface area (Å²) in [5.41, 5.74) is 0.311. The summed E-state index contributed by atoms with van der Waals surface area (Å²) in [5, 5.41) is 1.89. The normalized spacial score (nSPS) is 11.2. The molecule has 0 saturated heterocycles. The summed E-state index contributed by atoms with van der Waals surface area (Å²) in [6.07, 6.45) is 0. The number of likely N-dealkylation sites (N-methyl/N-ethyl adjacent to an activating group) is 1. The van der Waals surface area contributed by atoms with E-state index in [1.54, 1.807) is 19.2 Å². The highest BCUT2D eigenvalue weighted by atomic mass is 32.2. The minimum atomic E-state index is -3.71. The lowest BCUT2D eigenvalue weighted by molar-refractivity contribution is 0.0773. The van der Waals surface area contributed by atoms with E-state index in [1.807, 2.05) is 47.8 Å². The van der Waals surface area contributed by atoms with Crippen LogP contribution in [-0.4, -0.2) is 39.4 Å². The number of nitrogens with one attached hydrogen (secondary N) is 1. The van der Waals surface area contributed by atoms with Gasteiger partial charge >= 0.3 is 0 Å². The van der Waals surface area contributed by atoms with Crippen LogP contribution in [0.4, 0.5) is 0 Å². The molecule has 0 saturated carbocycles. The highest BCUT2D eigenvalue weighted by molar-refractivity contribution is 7.89. The lowest BCUT2D eigenvalue weighted by Gasteiger charge is -2.18. The van der Waals surface area contributed by atoms with Gasteiger partial charge in [0, 0.05) is 24.0 Å². The Hall–Kier alpha value is -2.68. The van der Waals surface area contributed by atoms with Crippen molar-refractivity contribution in [1.82, 2.24) is 9.62 Å². The number of carbonyl (C=O) groups is 1. The Morgan fingerprint density at radius 3 is 2.59 bits per heavy atom. The van der Waals surface area contributed by atoms with E-state index < -0.39 is 10.0 Å². The molecular weight excluding hydrogens is 408 g/mol. The molecular formula is C21H22N2O4S2. The third kappa shape index (κ3) is 5.90. The summed E-state index contributed by atoms with van der Waals surface area (Å²) < 4.78 is 33.3. The number of carbonyl (C=O) groups excluding carboxylic acids is 1. The molecule has 3 rings (SSSR count). The molecule has 1 N–H and O–H groups in total. The number of para-hydroxylation sites is 1. The van der Waals surface area contributed by atoms with Gasteiger partial charge in [0.25, 0.3) is 5.91 Å². The fourth-order valence-corrected chi connectivity index (χ4v) is 4.39. The second-order valence-corrected chi connectivity index (χ2v) is 9.12. The quantitative estimate of drug-likeness (QED) is 0.565. The van der Waals surface area contributed by atoms with Crippen LogP contribution in [0.5, 0.6) is 5.75 Å². The van der Waals surface area contributed by atoms with Crippen LogP contribution >= 0.6 is 11.3 Å². The molecule has 3 aromatic rings. The summed E-state index contributed by atoms with van der Waals surface area (Å²) in [5.74, 6) is 0.468. The van der Waals surface area contributed by atoms with Gasteiger partial charge in [-0.2, -0.15) is 0 Å². The summed E-state index contributed by atoms with van der Waals surface area (Å²) >= 11 is 1.48. The van der Waals surface area contributed by atoms with Crippen molar-refractivity contribution in [3.63, 3.8) is 0 Å². The van der Waals surface area contributed by atoms with Crippen LogP contribution in [0.3, 0.4) is 0 Å². The van der Waals surface area contributed by atoms with Crippen LogP contribution in [0.25, 0.3) is 0 Å². The Morgan fingerprint density at radius 1 is 1.07 bits per heavy atom. The first-order chi connectivity index (χ1) is 14.0. The van der Waals surface area contributed by atoms with Crippen molar-refractivity contribution in [2.45, 2.75) is 11.4 Å². The fraction of sp³-hybridized carbons (Fsp3) is 0.190. The van der Waals surface area contributed by atoms with Gasteiger partial charge in [0.2, 0.25) is 10.0 Å². The first-order valence-corrected chi connectivity index (χ1v) is 11.4. The standard InChI is InChI=1S/C21H22N2O4S2/c1-23(12-13-27-18-8-3-2-4-9-18)21(24)17-7-5-11-20(15-17)29(25,26)22-16-19-10-6-14-28-19/h2-11,14-15,22H,12-13,16H2,1H3. The van der Waals surface area contributed by atoms with Crippen molar-refractivity contribution in [2.75, 3.05) is 20.2 Å². The number of ether oxygens (including phenoxy) is 1. The van der Waals surface area contributed by atoms with Gasteiger partial charge in [0.15, 0.2) is 0 Å². The largest absolute Gasteiger partial charge is 0.492 e. The van der Waals surface area contributed by atoms with Crippen LogP contribution in [0.1, 0.15) is 15.2 Å². The Morgan fingerprint density at radius 2 is 1.86 bits per heavy atom. The average Bonchev–Trinajstić information content (AvgIpc) is 3.26. The molecule has 1 heterocycles. The van der Waals surface area contributed by atoms with Gasteiger partial charge in [-0.1, -0.05) is 30.3 Å². The molecule has 2 aromatic carbocycles. The van der Waals surface area contributed by atoms with Crippen LogP contribution in [0, 0.1) is 0 Å². The van der Waals surface area contributed by atoms with E-state index >= 15 is 0 Å². The number of rotatable bonds is 9. The van der Waals surface area contributed by atoms with E-state index in [-0.39, 0.29) is 17.3 Å². The number of nitrogens with zero attached hydrogens (tertiary/aromatic N) is 1. The molecule has 0 fully saturated rings. The number of thiophene rings is 1. The maximum atomic E-state index is 12.7. The number of amides is 1. The second kappa shape index (κ2) is 9.69. The highest BCUT2D eigenvalue weighted by Crippen LogP contribution is 2.15. The number of hydrogen-bond donors (Lipinski definition) is 1. The molecule has 29 heavy (non-hydrogen) atoms. The molecule has 1 amide bonds. The van der Waals surface area contributed by atoms with Gasteiger partial charge in [-0.15, -0.1) is 11.3 Å². The molecule has 0 aliphatic heterocycles. The topological polar surface area (TPSA) is 75.7 Å². The van der Waals surface area contributed by atoms with Gasteiger partial charge in [-0.05, 0) is 41.8 Å². The number of hydrogen-bond acceptors (Lipinski definition) is 5. The second-order valence-electron chi connectivity index (χ2n) is 6.32. The Labute approximate surface area is 174 Å². The minimum absolute atomic E-state index is 0.0637. The average molecular weight is 431 g/mol. The zero-order valence-electron chi connectivity index (χ0n) is 15.9. The van der Waals surface area contributed by atoms with E-state index in [9.17, 15) is 13.2 Å². The van der Waals surface area contributed by atoms with E-state index in [4.69, 9.17) is 4.74 Å². The maximum Gasteiger partial charge on any atom is 0.253 e. The Balaban J connectivity index is 1.60. The van der Waals surface area contributed by atoms with Crippen LogP contribution < -0.4 is 9.46 Å². The molecule has 0 unspecified atom stereocenters. The Bertz CT molecular complexity index is 1040. The predicted octanol–water partition coefficient (Wildman–Crippen LogP) is 3.38. The zero-order chi connectivity index (χ0) is 20.7. The lowest BCUT2D eigenvalue weighted by atomic mass is 10.2. The van der Waals surface area contributed by atoms with Crippen molar-refractivity contribution in [1.29, 1.82) is 0 Å². The SMILES string of the molecule is CN(CCOc1ccccc1)C(=O)c1cccc(S(=O)(=O)NCc2cccs2)c1. The predicted molar refractivity (Wildman–Crippen MR) is 114 cm³/mol. The molecule has 0 aliphatic rings. The lowest BCUT2D eigenvalue weighted by Crippen LogP contribution is -2.31. The van der Waals surface area contributed by atoms with Crippen molar-refractivity contribution in [3.8, 4) is 5.75 Å². The van der Waals surface area contributed by atoms with Crippen LogP contribution in [0.15, 0.2) is 77.0 Å². The summed E-state index contributed by atoms with van der Waals surface area (Å²) in [6, 6.07) is 19.1. The Kier molecular flexibility index (Phi) is 7.03. The molecule has 0 atom stereocenters. The molecule has 8 heteroatoms. The van der Waals surface area contributed by atoms with Gasteiger partial charge in [0.05, 0.1) is 11.4 Å². The van der Waals surface area contributed by atoms with Crippen LogP contribution in [0.2, 0.25) is 0 Å². The molecule has 0 spiro atoms. The van der Waals surface area contributed by atoms with Gasteiger partial charge in [-0.25, -0.2) is 13.1 Å². The molecule has 0 aliphatic carbocycles. The minimum Gasteiger partial charge on any atom is -0.492 e. The van der Waals surface area contributed by atoms with Crippen LogP contribution in [-0.2, 0) is 16.6 Å².